The molecule has 1 aromatic carbocycles. The molecule has 0 unspecified atom stereocenters. The van der Waals surface area contributed by atoms with Crippen LogP contribution < -0.4 is 5.32 Å². The van der Waals surface area contributed by atoms with Crippen LogP contribution in [-0.2, 0) is 9.59 Å². The molecule has 142 valence electrons. The Balaban J connectivity index is 1.68. The van der Waals surface area contributed by atoms with Gasteiger partial charge < -0.3 is 10.2 Å². The number of aryl methyl sites for hydroxylation is 1. The normalized spacial score (nSPS) is 14.9. The molecule has 1 heterocycles. The maximum atomic E-state index is 12.1. The molecule has 6 heteroatoms. The topological polar surface area (TPSA) is 66.5 Å². The number of amides is 2. The zero-order valence-electron chi connectivity index (χ0n) is 15.3. The van der Waals surface area contributed by atoms with Crippen LogP contribution in [0.3, 0.4) is 0 Å². The van der Waals surface area contributed by atoms with Gasteiger partial charge in [0.15, 0.2) is 5.78 Å². The van der Waals surface area contributed by atoms with Crippen LogP contribution >= 0.6 is 11.6 Å². The van der Waals surface area contributed by atoms with E-state index in [1.165, 1.54) is 0 Å². The summed E-state index contributed by atoms with van der Waals surface area (Å²) in [5, 5.41) is 2.99. The minimum absolute atomic E-state index is 0.0140. The summed E-state index contributed by atoms with van der Waals surface area (Å²) in [6.07, 6.45) is 3.11. The largest absolute Gasteiger partial charge is 0.353 e. The van der Waals surface area contributed by atoms with Gasteiger partial charge in [0.25, 0.3) is 0 Å². The maximum Gasteiger partial charge on any atom is 0.222 e. The molecule has 5 nitrogen and oxygen atoms in total. The van der Waals surface area contributed by atoms with Gasteiger partial charge in [0.1, 0.15) is 0 Å². The average molecular weight is 379 g/mol. The second-order valence-electron chi connectivity index (χ2n) is 6.80. The summed E-state index contributed by atoms with van der Waals surface area (Å²) in [4.78, 5) is 38.0. The van der Waals surface area contributed by atoms with Crippen LogP contribution in [0.4, 0.5) is 0 Å². The van der Waals surface area contributed by atoms with E-state index < -0.39 is 0 Å². The molecule has 0 aliphatic carbocycles. The lowest BCUT2D eigenvalue weighted by atomic mass is 10.0. The predicted molar refractivity (Wildman–Crippen MR) is 102 cm³/mol. The van der Waals surface area contributed by atoms with Crippen LogP contribution in [0.1, 0.15) is 54.4 Å². The van der Waals surface area contributed by atoms with Crippen LogP contribution in [0, 0.1) is 6.92 Å². The lowest BCUT2D eigenvalue weighted by Crippen LogP contribution is -2.46. The second-order valence-corrected chi connectivity index (χ2v) is 7.18. The number of halogens is 1. The van der Waals surface area contributed by atoms with Gasteiger partial charge >= 0.3 is 0 Å². The Bertz CT molecular complexity index is 622. The fourth-order valence-corrected chi connectivity index (χ4v) is 3.19. The lowest BCUT2D eigenvalue weighted by Gasteiger charge is -2.32. The number of rotatable bonds is 8. The van der Waals surface area contributed by atoms with Crippen molar-refractivity contribution in [2.45, 2.75) is 51.5 Å². The summed E-state index contributed by atoms with van der Waals surface area (Å²) in [5.41, 5.74) is 1.75. The third kappa shape index (κ3) is 6.45. The molecule has 1 aliphatic heterocycles. The molecule has 26 heavy (non-hydrogen) atoms. The zero-order valence-corrected chi connectivity index (χ0v) is 16.1. The summed E-state index contributed by atoms with van der Waals surface area (Å²) in [5.74, 6) is 0.524. The van der Waals surface area contributed by atoms with E-state index in [-0.39, 0.29) is 36.5 Å². The van der Waals surface area contributed by atoms with Crippen molar-refractivity contribution < 1.29 is 14.4 Å². The van der Waals surface area contributed by atoms with E-state index in [0.29, 0.717) is 37.4 Å². The fourth-order valence-electron chi connectivity index (χ4n) is 3.06. The van der Waals surface area contributed by atoms with Crippen LogP contribution in [-0.4, -0.2) is 47.5 Å². The Morgan fingerprint density at radius 1 is 1.08 bits per heavy atom. The summed E-state index contributed by atoms with van der Waals surface area (Å²) >= 11 is 5.62. The van der Waals surface area contributed by atoms with Gasteiger partial charge in [-0.1, -0.05) is 29.8 Å². The Labute approximate surface area is 160 Å². The van der Waals surface area contributed by atoms with Crippen molar-refractivity contribution in [1.82, 2.24) is 10.2 Å². The van der Waals surface area contributed by atoms with Gasteiger partial charge in [0.05, 0.1) is 0 Å². The molecule has 0 spiro atoms. The number of Topliss-reactive ketones (excluding diaryl/α,β-unsaturated/α-hetero) is 1. The monoisotopic (exact) mass is 378 g/mol. The number of carbonyl (C=O) groups excluding carboxylic acids is 3. The molecule has 1 saturated heterocycles. The van der Waals surface area contributed by atoms with E-state index in [2.05, 4.69) is 5.32 Å². The molecule has 0 atom stereocenters. The van der Waals surface area contributed by atoms with E-state index in [1.54, 1.807) is 12.1 Å². The standard InChI is InChI=1S/C20H27ClN2O3/c1-15-4-6-16(7-5-15)18(24)8-9-19(25)22-17-10-13-23(14-11-17)20(26)3-2-12-21/h4-7,17H,2-3,8-14H2,1H3,(H,22,25). The van der Waals surface area contributed by atoms with E-state index in [9.17, 15) is 14.4 Å². The van der Waals surface area contributed by atoms with Crippen molar-refractivity contribution in [2.24, 2.45) is 0 Å². The SMILES string of the molecule is Cc1ccc(C(=O)CCC(=O)NC2CCN(C(=O)CCCCl)CC2)cc1. The van der Waals surface area contributed by atoms with Gasteiger partial charge in [0.2, 0.25) is 11.8 Å². The number of nitrogens with one attached hydrogen (secondary N) is 1. The van der Waals surface area contributed by atoms with Crippen LogP contribution in [0.15, 0.2) is 24.3 Å². The van der Waals surface area contributed by atoms with Crippen molar-refractivity contribution in [3.8, 4) is 0 Å². The van der Waals surface area contributed by atoms with Crippen molar-refractivity contribution in [3.63, 3.8) is 0 Å². The highest BCUT2D eigenvalue weighted by Crippen LogP contribution is 2.13. The van der Waals surface area contributed by atoms with E-state index in [1.807, 2.05) is 24.0 Å². The van der Waals surface area contributed by atoms with Gasteiger partial charge in [-0.15, -0.1) is 11.6 Å². The second kappa shape index (κ2) is 10.3. The number of ketones is 1. The first kappa shape index (κ1) is 20.4. The summed E-state index contributed by atoms with van der Waals surface area (Å²) < 4.78 is 0. The van der Waals surface area contributed by atoms with Crippen molar-refractivity contribution >= 4 is 29.2 Å². The number of carbonyl (C=O) groups is 3. The minimum atomic E-state index is -0.0996. The third-order valence-corrected chi connectivity index (χ3v) is 4.96. The molecule has 0 saturated carbocycles. The van der Waals surface area contributed by atoms with Gasteiger partial charge in [-0.05, 0) is 26.2 Å². The Morgan fingerprint density at radius 2 is 1.73 bits per heavy atom. The molecule has 0 radical (unpaired) electrons. The number of alkyl halides is 1. The van der Waals surface area contributed by atoms with Crippen molar-refractivity contribution in [3.05, 3.63) is 35.4 Å². The first-order chi connectivity index (χ1) is 12.5. The molecule has 1 aliphatic rings. The molecule has 2 amide bonds. The number of likely N-dealkylation sites (tertiary alicyclic amines) is 1. The molecule has 0 aromatic heterocycles. The van der Waals surface area contributed by atoms with Crippen LogP contribution in [0.2, 0.25) is 0 Å². The number of nitrogens with zero attached hydrogens (tertiary/aromatic N) is 1. The Morgan fingerprint density at radius 3 is 2.35 bits per heavy atom. The molecular weight excluding hydrogens is 352 g/mol. The molecule has 1 N–H and O–H groups in total. The molecule has 1 aromatic rings. The number of benzene rings is 1. The van der Waals surface area contributed by atoms with Gasteiger partial charge in [-0.3, -0.25) is 14.4 Å². The first-order valence-corrected chi connectivity index (χ1v) is 9.76. The fraction of sp³-hybridized carbons (Fsp3) is 0.550. The van der Waals surface area contributed by atoms with E-state index in [0.717, 1.165) is 18.4 Å². The molecule has 2 rings (SSSR count). The molecule has 0 bridgehead atoms. The number of hydrogen-bond donors (Lipinski definition) is 1. The van der Waals surface area contributed by atoms with Crippen molar-refractivity contribution in [2.75, 3.05) is 19.0 Å². The van der Waals surface area contributed by atoms with E-state index in [4.69, 9.17) is 11.6 Å². The van der Waals surface area contributed by atoms with Gasteiger partial charge in [-0.2, -0.15) is 0 Å². The molecular formula is C20H27ClN2O3. The van der Waals surface area contributed by atoms with E-state index >= 15 is 0 Å². The Kier molecular flexibility index (Phi) is 8.10. The van der Waals surface area contributed by atoms with Crippen molar-refractivity contribution in [1.29, 1.82) is 0 Å². The summed E-state index contributed by atoms with van der Waals surface area (Å²) in [6, 6.07) is 7.47. The highest BCUT2D eigenvalue weighted by atomic mass is 35.5. The smallest absolute Gasteiger partial charge is 0.222 e. The van der Waals surface area contributed by atoms with Crippen LogP contribution in [0.25, 0.3) is 0 Å². The Hall–Kier alpha value is -1.88. The average Bonchev–Trinajstić information content (AvgIpc) is 2.65. The highest BCUT2D eigenvalue weighted by molar-refractivity contribution is 6.17. The number of hydrogen-bond acceptors (Lipinski definition) is 3. The summed E-state index contributed by atoms with van der Waals surface area (Å²) in [7, 11) is 0. The highest BCUT2D eigenvalue weighted by Gasteiger charge is 2.23. The van der Waals surface area contributed by atoms with Crippen LogP contribution in [0.5, 0.6) is 0 Å². The summed E-state index contributed by atoms with van der Waals surface area (Å²) in [6.45, 7) is 3.29. The third-order valence-electron chi connectivity index (χ3n) is 4.69. The maximum absolute atomic E-state index is 12.1. The molecule has 1 fully saturated rings. The minimum Gasteiger partial charge on any atom is -0.353 e. The van der Waals surface area contributed by atoms with Gasteiger partial charge in [0, 0.05) is 49.8 Å². The lowest BCUT2D eigenvalue weighted by molar-refractivity contribution is -0.132. The zero-order chi connectivity index (χ0) is 18.9. The predicted octanol–water partition coefficient (Wildman–Crippen LogP) is 3.08. The quantitative estimate of drug-likeness (QED) is 0.558. The first-order valence-electron chi connectivity index (χ1n) is 9.22. The van der Waals surface area contributed by atoms with Gasteiger partial charge in [-0.25, -0.2) is 0 Å². The number of piperidine rings is 1.